The molecule has 1 rings (SSSR count). The zero-order chi connectivity index (χ0) is 12.0. The van der Waals surface area contributed by atoms with E-state index in [9.17, 15) is 13.6 Å². The summed E-state index contributed by atoms with van der Waals surface area (Å²) >= 11 is 0. The first-order chi connectivity index (χ1) is 7.59. The highest BCUT2D eigenvalue weighted by molar-refractivity contribution is 5.64. The summed E-state index contributed by atoms with van der Waals surface area (Å²) in [5, 5.41) is 10.4. The summed E-state index contributed by atoms with van der Waals surface area (Å²) in [6.45, 7) is 0.312. The van der Waals surface area contributed by atoms with Gasteiger partial charge >= 0.3 is 6.09 Å². The third-order valence-corrected chi connectivity index (χ3v) is 1.75. The zero-order valence-electron chi connectivity index (χ0n) is 8.37. The van der Waals surface area contributed by atoms with Gasteiger partial charge in [-0.1, -0.05) is 0 Å². The number of carbonyl (C=O) groups is 1. The van der Waals surface area contributed by atoms with E-state index in [0.717, 1.165) is 18.2 Å². The number of carboxylic acid groups (broad SMARTS) is 1. The van der Waals surface area contributed by atoms with Crippen LogP contribution in [0, 0.1) is 11.6 Å². The van der Waals surface area contributed by atoms with Gasteiger partial charge in [-0.3, -0.25) is 0 Å². The molecule has 0 unspecified atom stereocenters. The van der Waals surface area contributed by atoms with Crippen molar-refractivity contribution in [2.75, 3.05) is 13.2 Å². The Balaban J connectivity index is 2.31. The van der Waals surface area contributed by atoms with Crippen molar-refractivity contribution in [1.82, 2.24) is 5.32 Å². The number of benzene rings is 1. The summed E-state index contributed by atoms with van der Waals surface area (Å²) in [6.07, 6.45) is -0.751. The summed E-state index contributed by atoms with van der Waals surface area (Å²) in [7, 11) is 0. The van der Waals surface area contributed by atoms with E-state index >= 15 is 0 Å². The Morgan fingerprint density at radius 3 is 2.88 bits per heavy atom. The van der Waals surface area contributed by atoms with Crippen molar-refractivity contribution in [3.05, 3.63) is 29.8 Å². The van der Waals surface area contributed by atoms with Gasteiger partial charge < -0.3 is 15.2 Å². The van der Waals surface area contributed by atoms with E-state index in [1.54, 1.807) is 0 Å². The Kier molecular flexibility index (Phi) is 4.50. The Labute approximate surface area is 90.8 Å². The molecule has 1 aromatic carbocycles. The highest BCUT2D eigenvalue weighted by atomic mass is 19.1. The highest BCUT2D eigenvalue weighted by Gasteiger charge is 2.04. The lowest BCUT2D eigenvalue weighted by atomic mass is 10.3. The molecule has 16 heavy (non-hydrogen) atoms. The third kappa shape index (κ3) is 4.12. The first kappa shape index (κ1) is 12.2. The summed E-state index contributed by atoms with van der Waals surface area (Å²) in [5.41, 5.74) is 0. The molecule has 0 heterocycles. The smallest absolute Gasteiger partial charge is 0.404 e. The summed E-state index contributed by atoms with van der Waals surface area (Å²) in [6, 6.07) is 2.91. The highest BCUT2D eigenvalue weighted by Crippen LogP contribution is 2.17. The van der Waals surface area contributed by atoms with E-state index in [0.29, 0.717) is 6.42 Å². The fourth-order valence-corrected chi connectivity index (χ4v) is 1.04. The van der Waals surface area contributed by atoms with Gasteiger partial charge in [0.2, 0.25) is 0 Å². The monoisotopic (exact) mass is 231 g/mol. The SMILES string of the molecule is O=C(O)NCCCOc1cc(F)ccc1F. The van der Waals surface area contributed by atoms with Crippen molar-refractivity contribution in [3.63, 3.8) is 0 Å². The molecule has 0 aliphatic heterocycles. The van der Waals surface area contributed by atoms with Crippen LogP contribution < -0.4 is 10.1 Å². The number of hydrogen-bond acceptors (Lipinski definition) is 2. The first-order valence-corrected chi connectivity index (χ1v) is 4.64. The molecule has 88 valence electrons. The Morgan fingerprint density at radius 2 is 2.19 bits per heavy atom. The first-order valence-electron chi connectivity index (χ1n) is 4.64. The third-order valence-electron chi connectivity index (χ3n) is 1.75. The van der Waals surface area contributed by atoms with Crippen LogP contribution in [0.15, 0.2) is 18.2 Å². The van der Waals surface area contributed by atoms with Gasteiger partial charge in [-0.15, -0.1) is 0 Å². The van der Waals surface area contributed by atoms with Crippen molar-refractivity contribution in [2.45, 2.75) is 6.42 Å². The van der Waals surface area contributed by atoms with Gasteiger partial charge in [0.15, 0.2) is 11.6 Å². The quantitative estimate of drug-likeness (QED) is 0.762. The summed E-state index contributed by atoms with van der Waals surface area (Å²) < 4.78 is 30.6. The lowest BCUT2D eigenvalue weighted by molar-refractivity contribution is 0.193. The molecule has 6 heteroatoms. The van der Waals surface area contributed by atoms with Crippen LogP contribution in [0.2, 0.25) is 0 Å². The predicted octanol–water partition coefficient (Wildman–Crippen LogP) is 2.00. The summed E-state index contributed by atoms with van der Waals surface area (Å²) in [5.74, 6) is -1.40. The molecular formula is C10H11F2NO3. The Morgan fingerprint density at radius 1 is 1.44 bits per heavy atom. The van der Waals surface area contributed by atoms with Gasteiger partial charge in [-0.2, -0.15) is 0 Å². The fraction of sp³-hybridized carbons (Fsp3) is 0.300. The van der Waals surface area contributed by atoms with Crippen LogP contribution in [0.4, 0.5) is 13.6 Å². The van der Waals surface area contributed by atoms with E-state index in [1.807, 2.05) is 0 Å². The average molecular weight is 231 g/mol. The van der Waals surface area contributed by atoms with E-state index in [2.05, 4.69) is 5.32 Å². The number of nitrogens with one attached hydrogen (secondary N) is 1. The van der Waals surface area contributed by atoms with Gasteiger partial charge in [0, 0.05) is 12.6 Å². The number of rotatable bonds is 5. The molecule has 0 aliphatic carbocycles. The van der Waals surface area contributed by atoms with Crippen LogP contribution in [0.3, 0.4) is 0 Å². The van der Waals surface area contributed by atoms with Crippen LogP contribution in [0.1, 0.15) is 6.42 Å². The lowest BCUT2D eigenvalue weighted by Crippen LogP contribution is -2.23. The molecule has 0 aromatic heterocycles. The molecule has 0 saturated carbocycles. The van der Waals surface area contributed by atoms with Crippen molar-refractivity contribution in [2.24, 2.45) is 0 Å². The van der Waals surface area contributed by atoms with Gasteiger partial charge in [-0.05, 0) is 18.6 Å². The van der Waals surface area contributed by atoms with Crippen molar-refractivity contribution >= 4 is 6.09 Å². The molecule has 0 radical (unpaired) electrons. The maximum absolute atomic E-state index is 13.0. The van der Waals surface area contributed by atoms with Crippen molar-refractivity contribution in [3.8, 4) is 5.75 Å². The summed E-state index contributed by atoms with van der Waals surface area (Å²) in [4.78, 5) is 10.1. The van der Waals surface area contributed by atoms with E-state index in [-0.39, 0.29) is 18.9 Å². The second kappa shape index (κ2) is 5.89. The van der Waals surface area contributed by atoms with Crippen LogP contribution in [0.5, 0.6) is 5.75 Å². The second-order valence-electron chi connectivity index (χ2n) is 3.01. The Bertz CT molecular complexity index is 371. The lowest BCUT2D eigenvalue weighted by Gasteiger charge is -2.06. The van der Waals surface area contributed by atoms with Crippen molar-refractivity contribution in [1.29, 1.82) is 0 Å². The van der Waals surface area contributed by atoms with E-state index < -0.39 is 17.7 Å². The predicted molar refractivity (Wildman–Crippen MR) is 52.5 cm³/mol. The minimum atomic E-state index is -1.13. The van der Waals surface area contributed by atoms with Gasteiger partial charge in [0.05, 0.1) is 6.61 Å². The number of hydrogen-bond donors (Lipinski definition) is 2. The molecule has 0 bridgehead atoms. The normalized spacial score (nSPS) is 9.88. The number of ether oxygens (including phenoxy) is 1. The number of amides is 1. The van der Waals surface area contributed by atoms with E-state index in [1.165, 1.54) is 0 Å². The zero-order valence-corrected chi connectivity index (χ0v) is 8.37. The molecule has 1 aromatic rings. The maximum atomic E-state index is 13.0. The molecule has 2 N–H and O–H groups in total. The van der Waals surface area contributed by atoms with Crippen LogP contribution in [-0.2, 0) is 0 Å². The standard InChI is InChI=1S/C10H11F2NO3/c11-7-2-3-8(12)9(6-7)16-5-1-4-13-10(14)15/h2-3,6,13H,1,4-5H2,(H,14,15). The molecule has 1 amide bonds. The van der Waals surface area contributed by atoms with E-state index in [4.69, 9.17) is 9.84 Å². The molecule has 0 fully saturated rings. The van der Waals surface area contributed by atoms with Gasteiger partial charge in [0.1, 0.15) is 5.82 Å². The maximum Gasteiger partial charge on any atom is 0.404 e. The largest absolute Gasteiger partial charge is 0.490 e. The minimum absolute atomic E-state index is 0.112. The number of halogens is 2. The average Bonchev–Trinajstić information content (AvgIpc) is 2.22. The topological polar surface area (TPSA) is 58.6 Å². The molecule has 0 aliphatic rings. The molecule has 0 saturated heterocycles. The molecule has 0 atom stereocenters. The van der Waals surface area contributed by atoms with Gasteiger partial charge in [-0.25, -0.2) is 13.6 Å². The Hall–Kier alpha value is -1.85. The minimum Gasteiger partial charge on any atom is -0.490 e. The second-order valence-corrected chi connectivity index (χ2v) is 3.01. The van der Waals surface area contributed by atoms with Crippen molar-refractivity contribution < 1.29 is 23.4 Å². The van der Waals surface area contributed by atoms with Crippen LogP contribution >= 0.6 is 0 Å². The van der Waals surface area contributed by atoms with Gasteiger partial charge in [0.25, 0.3) is 0 Å². The van der Waals surface area contributed by atoms with Crippen LogP contribution in [-0.4, -0.2) is 24.4 Å². The molecular weight excluding hydrogens is 220 g/mol. The molecule has 4 nitrogen and oxygen atoms in total. The van der Waals surface area contributed by atoms with Crippen LogP contribution in [0.25, 0.3) is 0 Å². The molecule has 0 spiro atoms. The fourth-order valence-electron chi connectivity index (χ4n) is 1.04.